The standard InChI is InChI=1S/C33H34F2N2O5.Ca.2H/c1-20(2)31-30(33(42)36-23-11-7-4-8-12-23)29(21-9-5-3-6-10-21)32(22-13-14-26(34)27(35)17-22)37(31)16-15-24(38)18-25(39)19-28(40)41;;;/h3-14,17,20,24-25,38-39H,15-16,18-19H2,1-2H3,(H,36,42)(H,40,41);;;/q;+2;2*-1/t24-,25-;;;/m1.../s1. The molecule has 0 radical (unpaired) electrons. The molecule has 7 nitrogen and oxygen atoms in total. The fourth-order valence-electron chi connectivity index (χ4n) is 5.24. The SMILES string of the molecule is CC(C)c1c(C(=O)Nc2ccccc2)c(-c2ccccc2)c(-c2ccc(F)c(F)c2)n1CC[C@@H](O)C[C@@H](O)CC(=O)O.[Ca+2].[H-].[H-]. The van der Waals surface area contributed by atoms with E-state index in [1.165, 1.54) is 6.07 Å². The van der Waals surface area contributed by atoms with Gasteiger partial charge in [-0.3, -0.25) is 9.59 Å². The number of nitrogens with one attached hydrogen (secondary N) is 1. The van der Waals surface area contributed by atoms with Crippen LogP contribution in [0.25, 0.3) is 22.4 Å². The van der Waals surface area contributed by atoms with Crippen molar-refractivity contribution in [3.63, 3.8) is 0 Å². The van der Waals surface area contributed by atoms with Gasteiger partial charge in [-0.15, -0.1) is 0 Å². The van der Waals surface area contributed by atoms with E-state index in [1.807, 2.05) is 54.8 Å². The average Bonchev–Trinajstić information content (AvgIpc) is 3.29. The van der Waals surface area contributed by atoms with Gasteiger partial charge in [0.1, 0.15) is 0 Å². The second kappa shape index (κ2) is 15.6. The maximum atomic E-state index is 14.6. The first-order valence-corrected chi connectivity index (χ1v) is 13.8. The van der Waals surface area contributed by atoms with Gasteiger partial charge in [0.15, 0.2) is 11.6 Å². The molecule has 0 aliphatic heterocycles. The number of aromatic nitrogens is 1. The van der Waals surface area contributed by atoms with Gasteiger partial charge in [0.2, 0.25) is 0 Å². The van der Waals surface area contributed by atoms with Gasteiger partial charge in [-0.05, 0) is 54.7 Å². The van der Waals surface area contributed by atoms with Gasteiger partial charge in [-0.25, -0.2) is 8.78 Å². The van der Waals surface area contributed by atoms with Crippen LogP contribution in [0.4, 0.5) is 14.5 Å². The molecule has 4 aromatic rings. The molecule has 0 unspecified atom stereocenters. The van der Waals surface area contributed by atoms with Gasteiger partial charge in [0.25, 0.3) is 5.91 Å². The van der Waals surface area contributed by atoms with E-state index < -0.39 is 36.2 Å². The maximum Gasteiger partial charge on any atom is 2.00 e. The van der Waals surface area contributed by atoms with Crippen molar-refractivity contribution in [2.75, 3.05) is 5.32 Å². The fourth-order valence-corrected chi connectivity index (χ4v) is 5.24. The van der Waals surface area contributed by atoms with Gasteiger partial charge < -0.3 is 28.1 Å². The molecule has 0 fully saturated rings. The average molecular weight is 619 g/mol. The van der Waals surface area contributed by atoms with Crippen LogP contribution in [0.1, 0.15) is 57.9 Å². The minimum Gasteiger partial charge on any atom is -1.00 e. The van der Waals surface area contributed by atoms with E-state index in [-0.39, 0.29) is 71.8 Å². The molecule has 0 spiro atoms. The number of nitrogens with zero attached hydrogens (tertiary/aromatic N) is 1. The second-order valence-corrected chi connectivity index (χ2v) is 10.5. The number of carbonyl (C=O) groups is 2. The molecule has 1 heterocycles. The monoisotopic (exact) mass is 618 g/mol. The Kier molecular flexibility index (Phi) is 12.5. The van der Waals surface area contributed by atoms with Crippen molar-refractivity contribution < 1.29 is 36.5 Å². The molecule has 0 saturated heterocycles. The van der Waals surface area contributed by atoms with Crippen molar-refractivity contribution in [3.05, 3.63) is 102 Å². The number of hydrogen-bond donors (Lipinski definition) is 4. The molecule has 1 amide bonds. The number of rotatable bonds is 12. The van der Waals surface area contributed by atoms with E-state index >= 15 is 0 Å². The molecule has 3 aromatic carbocycles. The van der Waals surface area contributed by atoms with Crippen LogP contribution in [-0.4, -0.2) is 81.7 Å². The van der Waals surface area contributed by atoms with Crippen LogP contribution in [0.2, 0.25) is 0 Å². The van der Waals surface area contributed by atoms with E-state index in [1.54, 1.807) is 24.3 Å². The third kappa shape index (κ3) is 8.52. The maximum absolute atomic E-state index is 14.6. The van der Waals surface area contributed by atoms with Crippen LogP contribution in [-0.2, 0) is 11.3 Å². The quantitative estimate of drug-likeness (QED) is 0.139. The summed E-state index contributed by atoms with van der Waals surface area (Å²) in [7, 11) is 0. The Balaban J connectivity index is 0.00000337. The molecule has 0 saturated carbocycles. The van der Waals surface area contributed by atoms with E-state index in [9.17, 15) is 28.6 Å². The van der Waals surface area contributed by atoms with Crippen molar-refractivity contribution in [3.8, 4) is 22.4 Å². The molecular formula is C33H36CaF2N2O5. The molecule has 4 rings (SSSR count). The summed E-state index contributed by atoms with van der Waals surface area (Å²) >= 11 is 0. The molecule has 224 valence electrons. The van der Waals surface area contributed by atoms with Gasteiger partial charge in [0, 0.05) is 29.1 Å². The Morgan fingerprint density at radius 3 is 2.09 bits per heavy atom. The molecule has 43 heavy (non-hydrogen) atoms. The number of benzene rings is 3. The molecule has 2 atom stereocenters. The first kappa shape index (κ1) is 34.4. The summed E-state index contributed by atoms with van der Waals surface area (Å²) in [6, 6.07) is 21.7. The Morgan fingerprint density at radius 2 is 1.51 bits per heavy atom. The number of aliphatic hydroxyl groups is 2. The summed E-state index contributed by atoms with van der Waals surface area (Å²) in [5.74, 6) is -3.82. The molecule has 0 bridgehead atoms. The number of amides is 1. The topological polar surface area (TPSA) is 112 Å². The van der Waals surface area contributed by atoms with E-state index in [0.29, 0.717) is 39.3 Å². The normalized spacial score (nSPS) is 12.4. The number of carboxylic acids is 1. The smallest absolute Gasteiger partial charge is 1.00 e. The zero-order valence-corrected chi connectivity index (χ0v) is 26.3. The first-order chi connectivity index (χ1) is 20.1. The predicted molar refractivity (Wildman–Crippen MR) is 165 cm³/mol. The number of carboxylic acid groups (broad SMARTS) is 1. The zero-order valence-electron chi connectivity index (χ0n) is 26.1. The van der Waals surface area contributed by atoms with Crippen molar-refractivity contribution in [2.24, 2.45) is 0 Å². The second-order valence-electron chi connectivity index (χ2n) is 10.5. The van der Waals surface area contributed by atoms with Crippen LogP contribution < -0.4 is 5.32 Å². The largest absolute Gasteiger partial charge is 2.00 e. The van der Waals surface area contributed by atoms with E-state index in [4.69, 9.17) is 5.11 Å². The van der Waals surface area contributed by atoms with E-state index in [2.05, 4.69) is 5.32 Å². The van der Waals surface area contributed by atoms with Gasteiger partial charge in [-0.2, -0.15) is 0 Å². The van der Waals surface area contributed by atoms with Crippen LogP contribution in [0.15, 0.2) is 78.9 Å². The third-order valence-corrected chi connectivity index (χ3v) is 7.01. The number of aliphatic hydroxyl groups excluding tert-OH is 2. The summed E-state index contributed by atoms with van der Waals surface area (Å²) in [5, 5.41) is 32.7. The summed E-state index contributed by atoms with van der Waals surface area (Å²) in [4.78, 5) is 25.0. The van der Waals surface area contributed by atoms with E-state index in [0.717, 1.165) is 12.1 Å². The number of hydrogen-bond acceptors (Lipinski definition) is 4. The van der Waals surface area contributed by atoms with Crippen molar-refractivity contribution in [1.82, 2.24) is 4.57 Å². The van der Waals surface area contributed by atoms with Crippen molar-refractivity contribution in [2.45, 2.75) is 57.8 Å². The molecule has 4 N–H and O–H groups in total. The number of para-hydroxylation sites is 1. The fraction of sp³-hybridized carbons (Fsp3) is 0.273. The summed E-state index contributed by atoms with van der Waals surface area (Å²) in [6.45, 7) is 3.99. The van der Waals surface area contributed by atoms with Crippen LogP contribution in [0, 0.1) is 11.6 Å². The summed E-state index contributed by atoms with van der Waals surface area (Å²) in [5.41, 5.74) is 3.60. The van der Waals surface area contributed by atoms with Gasteiger partial charge >= 0.3 is 43.7 Å². The zero-order chi connectivity index (χ0) is 30.4. The molecule has 1 aromatic heterocycles. The van der Waals surface area contributed by atoms with Crippen LogP contribution in [0.3, 0.4) is 0 Å². The number of anilines is 1. The molecule has 0 aliphatic carbocycles. The Morgan fingerprint density at radius 1 is 0.884 bits per heavy atom. The van der Waals surface area contributed by atoms with Gasteiger partial charge in [0.05, 0.1) is 29.9 Å². The molecule has 0 aliphatic rings. The predicted octanol–water partition coefficient (Wildman–Crippen LogP) is 6.30. The number of carbonyl (C=O) groups excluding carboxylic acids is 1. The molecule has 10 heteroatoms. The van der Waals surface area contributed by atoms with Crippen LogP contribution >= 0.6 is 0 Å². The van der Waals surface area contributed by atoms with Crippen molar-refractivity contribution in [1.29, 1.82) is 0 Å². The minimum atomic E-state index is -1.23. The Labute approximate surface area is 282 Å². The summed E-state index contributed by atoms with van der Waals surface area (Å²) in [6.07, 6.45) is -2.83. The number of halogens is 2. The van der Waals surface area contributed by atoms with Crippen molar-refractivity contribution >= 4 is 55.3 Å². The molecular weight excluding hydrogens is 582 g/mol. The summed E-state index contributed by atoms with van der Waals surface area (Å²) < 4.78 is 30.5. The van der Waals surface area contributed by atoms with Crippen LogP contribution in [0.5, 0.6) is 0 Å². The Hall–Kier alpha value is -3.08. The number of aliphatic carboxylic acids is 1. The Bertz CT molecular complexity index is 1560. The first-order valence-electron chi connectivity index (χ1n) is 13.8. The van der Waals surface area contributed by atoms with Gasteiger partial charge in [-0.1, -0.05) is 62.4 Å². The third-order valence-electron chi connectivity index (χ3n) is 7.01. The minimum absolute atomic E-state index is 0.